The van der Waals surface area contributed by atoms with Gasteiger partial charge in [-0.05, 0) is 61.8 Å². The lowest BCUT2D eigenvalue weighted by atomic mass is 9.93. The van der Waals surface area contributed by atoms with Crippen LogP contribution in [0.25, 0.3) is 11.1 Å². The van der Waals surface area contributed by atoms with E-state index >= 15 is 9.59 Å². The summed E-state index contributed by atoms with van der Waals surface area (Å²) in [5.74, 6) is 0.910. The molecule has 0 radical (unpaired) electrons. The van der Waals surface area contributed by atoms with Crippen LogP contribution in [0.1, 0.15) is 347 Å². The zero-order valence-electron chi connectivity index (χ0n) is 51.4. The molecule has 444 valence electrons. The highest BCUT2D eigenvalue weighted by atomic mass is 79.9. The molecule has 4 rings (SSSR count). The number of carbonyl (C=O) groups excluding carboxylic acids is 2. The fourth-order valence-electron chi connectivity index (χ4n) is 13.0. The van der Waals surface area contributed by atoms with Crippen LogP contribution in [-0.2, 0) is 9.59 Å². The molecular formula is C72H120Br2N2O2. The first-order valence-corrected chi connectivity index (χ1v) is 35.9. The monoisotopic (exact) mass is 1200 g/mol. The molecule has 0 spiro atoms. The van der Waals surface area contributed by atoms with E-state index in [4.69, 9.17) is 0 Å². The Morgan fingerprint density at radius 2 is 0.513 bits per heavy atom. The second kappa shape index (κ2) is 44.6. The molecule has 0 aromatic heterocycles. The van der Waals surface area contributed by atoms with Gasteiger partial charge in [0.2, 0.25) is 0 Å². The molecule has 2 aromatic rings. The van der Waals surface area contributed by atoms with E-state index in [0.29, 0.717) is 23.0 Å². The van der Waals surface area contributed by atoms with E-state index < -0.39 is 0 Å². The predicted molar refractivity (Wildman–Crippen MR) is 351 cm³/mol. The summed E-state index contributed by atoms with van der Waals surface area (Å²) in [6.07, 6.45) is 64.0. The molecule has 0 bridgehead atoms. The first-order chi connectivity index (χ1) is 38.3. The molecule has 2 heterocycles. The van der Waals surface area contributed by atoms with E-state index in [1.165, 1.54) is 283 Å². The molecule has 0 N–H and O–H groups in total. The summed E-state index contributed by atoms with van der Waals surface area (Å²) >= 11 is 7.63. The second-order valence-corrected chi connectivity index (χ2v) is 26.8. The molecule has 2 unspecified atom stereocenters. The van der Waals surface area contributed by atoms with Gasteiger partial charge in [0.1, 0.15) is 0 Å². The molecule has 2 aliphatic heterocycles. The Labute approximate surface area is 499 Å². The molecule has 4 nitrogen and oxygen atoms in total. The number of unbranched alkanes of at least 4 members (excludes halogenated alkanes) is 40. The number of amides is 2. The number of hydrogen-bond acceptors (Lipinski definition) is 2. The number of rotatable bonds is 52. The van der Waals surface area contributed by atoms with Crippen LogP contribution in [0.5, 0.6) is 0 Å². The highest BCUT2D eigenvalue weighted by Gasteiger charge is 2.43. The summed E-state index contributed by atoms with van der Waals surface area (Å²) in [7, 11) is 0. The van der Waals surface area contributed by atoms with Crippen molar-refractivity contribution in [2.75, 3.05) is 22.9 Å². The van der Waals surface area contributed by atoms with Gasteiger partial charge in [0.25, 0.3) is 11.8 Å². The van der Waals surface area contributed by atoms with Crippen molar-refractivity contribution in [3.63, 3.8) is 0 Å². The lowest BCUT2D eigenvalue weighted by molar-refractivity contribution is -0.114. The Hall–Kier alpha value is -1.92. The fraction of sp³-hybridized carbons (Fsp3) is 0.778. The van der Waals surface area contributed by atoms with E-state index in [1.54, 1.807) is 0 Å². The molecule has 78 heavy (non-hydrogen) atoms. The maximum atomic E-state index is 15.4. The van der Waals surface area contributed by atoms with Gasteiger partial charge in [-0.2, -0.15) is 0 Å². The summed E-state index contributed by atoms with van der Waals surface area (Å²) in [4.78, 5) is 35.0. The molecule has 6 heteroatoms. The average molecular weight is 1210 g/mol. The van der Waals surface area contributed by atoms with Gasteiger partial charge < -0.3 is 9.80 Å². The molecule has 2 amide bonds. The van der Waals surface area contributed by atoms with E-state index in [-0.39, 0.29) is 11.8 Å². The highest BCUT2D eigenvalue weighted by Crippen LogP contribution is 2.49. The standard InChI is InChI=1S/C72H120Br2N2O2/c1-5-9-13-17-21-25-29-31-35-39-43-47-51-61(49-45-41-37-33-27-23-19-15-11-7-3)59-75-67-57-63(73)53-55-65(67)69(71(75)77)70-66-56-54-64(74)58-68(66)76(72(70)78)60-62(50-46-42-38-34-28-24-20-16-12-8-4)52-48-44-40-36-32-30-26-22-18-14-10-6-2/h53-58,61-62H,5-52,59-60H2,1-4H3/b70-69+. The zero-order valence-corrected chi connectivity index (χ0v) is 54.6. The first-order valence-electron chi connectivity index (χ1n) is 34.3. The summed E-state index contributed by atoms with van der Waals surface area (Å²) in [6.45, 7) is 10.7. The quantitative estimate of drug-likeness (QED) is 0.0489. The van der Waals surface area contributed by atoms with Crippen molar-refractivity contribution in [3.8, 4) is 0 Å². The highest BCUT2D eigenvalue weighted by molar-refractivity contribution is 9.10. The zero-order chi connectivity index (χ0) is 55.7. The minimum absolute atomic E-state index is 0.0170. The van der Waals surface area contributed by atoms with Gasteiger partial charge >= 0.3 is 0 Å². The SMILES string of the molecule is CCCCCCCCCCCCCCC(CCCCCCCCCCCC)CN1C(=O)/C(=C2/C(=O)N(CC(CCCCCCCCCCCC)CCCCCCCCCCCCCC)c3cc(Br)ccc32)c2ccc(Br)cc21. The molecule has 0 aliphatic carbocycles. The molecule has 2 atom stereocenters. The molecular weight excluding hydrogens is 1080 g/mol. The number of hydrogen-bond donors (Lipinski definition) is 0. The van der Waals surface area contributed by atoms with Gasteiger partial charge in [0.15, 0.2) is 0 Å². The van der Waals surface area contributed by atoms with Crippen molar-refractivity contribution < 1.29 is 9.59 Å². The maximum absolute atomic E-state index is 15.4. The molecule has 2 aromatic carbocycles. The van der Waals surface area contributed by atoms with Crippen LogP contribution in [-0.4, -0.2) is 24.9 Å². The minimum Gasteiger partial charge on any atom is -0.307 e. The lowest BCUT2D eigenvalue weighted by Gasteiger charge is -2.25. The summed E-state index contributed by atoms with van der Waals surface area (Å²) < 4.78 is 1.96. The fourth-order valence-corrected chi connectivity index (χ4v) is 13.7. The van der Waals surface area contributed by atoms with E-state index in [1.807, 2.05) is 0 Å². The first kappa shape index (κ1) is 68.6. The number of benzene rings is 2. The van der Waals surface area contributed by atoms with Crippen molar-refractivity contribution in [2.45, 2.75) is 336 Å². The third kappa shape index (κ3) is 27.4. The van der Waals surface area contributed by atoms with Gasteiger partial charge in [-0.3, -0.25) is 9.59 Å². The number of anilines is 2. The number of nitrogens with zero attached hydrogens (tertiary/aromatic N) is 2. The Bertz CT molecular complexity index is 1760. The van der Waals surface area contributed by atoms with Crippen molar-refractivity contribution in [1.82, 2.24) is 0 Å². The Kier molecular flexibility index (Phi) is 39.2. The topological polar surface area (TPSA) is 40.6 Å². The average Bonchev–Trinajstić information content (AvgIpc) is 4.03. The van der Waals surface area contributed by atoms with Crippen molar-refractivity contribution in [1.29, 1.82) is 0 Å². The maximum Gasteiger partial charge on any atom is 0.259 e. The van der Waals surface area contributed by atoms with Crippen LogP contribution in [0.3, 0.4) is 0 Å². The number of carbonyl (C=O) groups is 2. The Balaban J connectivity index is 1.47. The smallest absolute Gasteiger partial charge is 0.259 e. The van der Waals surface area contributed by atoms with Crippen LogP contribution in [0, 0.1) is 11.8 Å². The molecule has 0 saturated carbocycles. The summed E-state index contributed by atoms with van der Waals surface area (Å²) in [6, 6.07) is 12.7. The van der Waals surface area contributed by atoms with Gasteiger partial charge in [-0.1, -0.05) is 354 Å². The largest absolute Gasteiger partial charge is 0.307 e. The third-order valence-corrected chi connectivity index (χ3v) is 18.9. The van der Waals surface area contributed by atoms with E-state index in [9.17, 15) is 0 Å². The van der Waals surface area contributed by atoms with E-state index in [0.717, 1.165) is 70.2 Å². The summed E-state index contributed by atoms with van der Waals surface area (Å²) in [5.41, 5.74) is 5.01. The number of halogens is 2. The van der Waals surface area contributed by atoms with Crippen LogP contribution < -0.4 is 9.80 Å². The van der Waals surface area contributed by atoms with Crippen LogP contribution in [0.15, 0.2) is 45.3 Å². The summed E-state index contributed by atoms with van der Waals surface area (Å²) in [5, 5.41) is 0. The molecule has 2 aliphatic rings. The molecule has 0 saturated heterocycles. The lowest BCUT2D eigenvalue weighted by Crippen LogP contribution is -2.34. The van der Waals surface area contributed by atoms with Crippen molar-refractivity contribution in [3.05, 3.63) is 56.5 Å². The minimum atomic E-state index is 0.0170. The van der Waals surface area contributed by atoms with Crippen molar-refractivity contribution in [2.24, 2.45) is 11.8 Å². The normalized spacial score (nSPS) is 15.1. The van der Waals surface area contributed by atoms with Gasteiger partial charge in [-0.25, -0.2) is 0 Å². The third-order valence-electron chi connectivity index (χ3n) is 18.0. The second-order valence-electron chi connectivity index (χ2n) is 24.9. The Morgan fingerprint density at radius 1 is 0.308 bits per heavy atom. The van der Waals surface area contributed by atoms with Crippen LogP contribution in [0.4, 0.5) is 11.4 Å². The van der Waals surface area contributed by atoms with Gasteiger partial charge in [0, 0.05) is 33.2 Å². The van der Waals surface area contributed by atoms with Crippen LogP contribution in [0.2, 0.25) is 0 Å². The number of fused-ring (bicyclic) bond motifs is 2. The Morgan fingerprint density at radius 3 is 0.731 bits per heavy atom. The van der Waals surface area contributed by atoms with Gasteiger partial charge in [-0.15, -0.1) is 0 Å². The van der Waals surface area contributed by atoms with Crippen LogP contribution >= 0.6 is 31.9 Å². The predicted octanol–water partition coefficient (Wildman–Crippen LogP) is 24.9. The van der Waals surface area contributed by atoms with Gasteiger partial charge in [0.05, 0.1) is 22.5 Å². The van der Waals surface area contributed by atoms with Crippen molar-refractivity contribution >= 4 is 66.2 Å². The molecule has 0 fully saturated rings. The van der Waals surface area contributed by atoms with E-state index in [2.05, 4.69) is 106 Å².